The van der Waals surface area contributed by atoms with E-state index in [1.165, 1.54) is 0 Å². The summed E-state index contributed by atoms with van der Waals surface area (Å²) in [4.78, 5) is 25.8. The predicted molar refractivity (Wildman–Crippen MR) is 61.6 cm³/mol. The molecule has 0 atom stereocenters. The second-order valence-electron chi connectivity index (χ2n) is 3.29. The number of aliphatic carboxylic acids is 1. The molecule has 0 aliphatic heterocycles. The maximum atomic E-state index is 11.3. The maximum Gasteiger partial charge on any atom is 0.343 e. The number of nitrogens with one attached hydrogen (secondary N) is 2. The molecule has 6 heteroatoms. The number of hydroxylamine groups is 1. The molecule has 17 heavy (non-hydrogen) atoms. The minimum Gasteiger partial charge on any atom is -0.479 e. The van der Waals surface area contributed by atoms with Crippen molar-refractivity contribution in [3.05, 3.63) is 29.8 Å². The molecule has 0 aliphatic rings. The third-order valence-electron chi connectivity index (χ3n) is 1.95. The van der Waals surface area contributed by atoms with Gasteiger partial charge >= 0.3 is 12.0 Å². The minimum absolute atomic E-state index is 0.581. The number of carboxylic acid groups (broad SMARTS) is 1. The molecule has 0 aliphatic carbocycles. The summed E-state index contributed by atoms with van der Waals surface area (Å²) in [5.74, 6) is -1.15. The number of carbonyl (C=O) groups is 2. The molecule has 0 saturated heterocycles. The number of urea groups is 1. The van der Waals surface area contributed by atoms with Gasteiger partial charge in [-0.05, 0) is 24.1 Å². The summed E-state index contributed by atoms with van der Waals surface area (Å²) in [6.07, 6.45) is 0.868. The van der Waals surface area contributed by atoms with Crippen LogP contribution in [0.25, 0.3) is 0 Å². The van der Waals surface area contributed by atoms with Gasteiger partial charge in [-0.25, -0.2) is 15.1 Å². The predicted octanol–water partition coefficient (Wildman–Crippen LogP) is 1.39. The summed E-state index contributed by atoms with van der Waals surface area (Å²) in [6, 6.07) is 6.73. The molecule has 1 aromatic rings. The van der Waals surface area contributed by atoms with Crippen LogP contribution in [-0.4, -0.2) is 23.7 Å². The lowest BCUT2D eigenvalue weighted by Gasteiger charge is -2.07. The molecule has 0 bridgehead atoms. The summed E-state index contributed by atoms with van der Waals surface area (Å²) in [7, 11) is 0. The van der Waals surface area contributed by atoms with E-state index in [2.05, 4.69) is 10.2 Å². The van der Waals surface area contributed by atoms with E-state index in [4.69, 9.17) is 5.11 Å². The Hall–Kier alpha value is -2.08. The van der Waals surface area contributed by atoms with E-state index < -0.39 is 18.6 Å². The zero-order valence-corrected chi connectivity index (χ0v) is 9.40. The fourth-order valence-corrected chi connectivity index (χ4v) is 1.19. The summed E-state index contributed by atoms with van der Waals surface area (Å²) in [6.45, 7) is 1.43. The van der Waals surface area contributed by atoms with Crippen LogP contribution in [0.2, 0.25) is 0 Å². The number of amides is 2. The number of hydrogen-bond acceptors (Lipinski definition) is 3. The standard InChI is InChI=1S/C11H14N2O4/c1-2-8-4-3-5-9(6-8)12-11(16)13-17-7-10(14)15/h3-6H,2,7H2,1H3,(H,14,15)(H2,12,13,16). The Labute approximate surface area is 98.5 Å². The van der Waals surface area contributed by atoms with E-state index in [1.54, 1.807) is 6.07 Å². The normalized spacial score (nSPS) is 9.71. The number of rotatable bonds is 5. The Bertz CT molecular complexity index is 406. The number of aryl methyl sites for hydroxylation is 1. The van der Waals surface area contributed by atoms with E-state index in [0.717, 1.165) is 12.0 Å². The average molecular weight is 238 g/mol. The lowest BCUT2D eigenvalue weighted by molar-refractivity contribution is -0.143. The van der Waals surface area contributed by atoms with Gasteiger partial charge in [0.15, 0.2) is 6.61 Å². The van der Waals surface area contributed by atoms with Crippen molar-refractivity contribution < 1.29 is 19.5 Å². The van der Waals surface area contributed by atoms with E-state index in [0.29, 0.717) is 5.69 Å². The summed E-state index contributed by atoms with van der Waals surface area (Å²) in [5, 5.41) is 10.8. The number of hydrogen-bond donors (Lipinski definition) is 3. The highest BCUT2D eigenvalue weighted by molar-refractivity contribution is 5.88. The maximum absolute atomic E-state index is 11.3. The molecule has 1 aromatic carbocycles. The van der Waals surface area contributed by atoms with Crippen LogP contribution in [0.15, 0.2) is 24.3 Å². The highest BCUT2D eigenvalue weighted by Gasteiger charge is 2.03. The zero-order chi connectivity index (χ0) is 12.7. The van der Waals surface area contributed by atoms with Crippen molar-refractivity contribution in [2.75, 3.05) is 11.9 Å². The third-order valence-corrected chi connectivity index (χ3v) is 1.95. The highest BCUT2D eigenvalue weighted by Crippen LogP contribution is 2.10. The van der Waals surface area contributed by atoms with E-state index >= 15 is 0 Å². The third kappa shape index (κ3) is 4.98. The van der Waals surface area contributed by atoms with Crippen molar-refractivity contribution in [2.45, 2.75) is 13.3 Å². The number of carbonyl (C=O) groups excluding carboxylic acids is 1. The van der Waals surface area contributed by atoms with Crippen LogP contribution in [0.4, 0.5) is 10.5 Å². The molecular weight excluding hydrogens is 224 g/mol. The first-order chi connectivity index (χ1) is 8.11. The Kier molecular flexibility index (Phi) is 4.96. The van der Waals surface area contributed by atoms with Gasteiger partial charge in [-0.1, -0.05) is 19.1 Å². The van der Waals surface area contributed by atoms with Gasteiger partial charge in [0, 0.05) is 5.69 Å². The van der Waals surface area contributed by atoms with Gasteiger partial charge in [0.25, 0.3) is 0 Å². The van der Waals surface area contributed by atoms with Crippen molar-refractivity contribution in [1.29, 1.82) is 0 Å². The molecule has 0 unspecified atom stereocenters. The Morgan fingerprint density at radius 1 is 1.41 bits per heavy atom. The Morgan fingerprint density at radius 3 is 2.82 bits per heavy atom. The van der Waals surface area contributed by atoms with E-state index in [1.807, 2.05) is 30.6 Å². The number of benzene rings is 1. The lowest BCUT2D eigenvalue weighted by atomic mass is 10.1. The molecule has 0 saturated carbocycles. The molecule has 92 valence electrons. The lowest BCUT2D eigenvalue weighted by Crippen LogP contribution is -2.30. The van der Waals surface area contributed by atoms with Crippen LogP contribution in [0.5, 0.6) is 0 Å². The van der Waals surface area contributed by atoms with Gasteiger partial charge in [-0.3, -0.25) is 4.84 Å². The molecule has 0 aromatic heterocycles. The molecule has 2 amide bonds. The van der Waals surface area contributed by atoms with Crippen LogP contribution >= 0.6 is 0 Å². The number of carboxylic acids is 1. The zero-order valence-electron chi connectivity index (χ0n) is 9.40. The fraction of sp³-hybridized carbons (Fsp3) is 0.273. The second kappa shape index (κ2) is 6.49. The topological polar surface area (TPSA) is 87.7 Å². The highest BCUT2D eigenvalue weighted by atomic mass is 16.7. The average Bonchev–Trinajstić information content (AvgIpc) is 2.28. The fourth-order valence-electron chi connectivity index (χ4n) is 1.19. The van der Waals surface area contributed by atoms with E-state index in [9.17, 15) is 9.59 Å². The summed E-state index contributed by atoms with van der Waals surface area (Å²) in [5.41, 5.74) is 3.69. The van der Waals surface area contributed by atoms with Crippen LogP contribution < -0.4 is 10.8 Å². The first-order valence-electron chi connectivity index (χ1n) is 5.11. The summed E-state index contributed by atoms with van der Waals surface area (Å²) < 4.78 is 0. The molecule has 3 N–H and O–H groups in total. The molecular formula is C11H14N2O4. The molecule has 0 radical (unpaired) electrons. The van der Waals surface area contributed by atoms with Crippen molar-refractivity contribution in [3.63, 3.8) is 0 Å². The molecule has 1 rings (SSSR count). The minimum atomic E-state index is -1.15. The van der Waals surface area contributed by atoms with Gasteiger partial charge in [-0.15, -0.1) is 0 Å². The van der Waals surface area contributed by atoms with Gasteiger partial charge in [0.05, 0.1) is 0 Å². The Balaban J connectivity index is 2.42. The van der Waals surface area contributed by atoms with Gasteiger partial charge in [0.2, 0.25) is 0 Å². The molecule has 0 fully saturated rings. The SMILES string of the molecule is CCc1cccc(NC(=O)NOCC(=O)O)c1. The van der Waals surface area contributed by atoms with Crippen LogP contribution in [0.3, 0.4) is 0 Å². The molecule has 0 heterocycles. The number of anilines is 1. The van der Waals surface area contributed by atoms with Crippen molar-refractivity contribution in [3.8, 4) is 0 Å². The second-order valence-corrected chi connectivity index (χ2v) is 3.29. The van der Waals surface area contributed by atoms with Crippen LogP contribution in [-0.2, 0) is 16.1 Å². The summed E-state index contributed by atoms with van der Waals surface area (Å²) >= 11 is 0. The van der Waals surface area contributed by atoms with Gasteiger partial charge < -0.3 is 10.4 Å². The first-order valence-corrected chi connectivity index (χ1v) is 5.11. The largest absolute Gasteiger partial charge is 0.479 e. The monoisotopic (exact) mass is 238 g/mol. The van der Waals surface area contributed by atoms with Crippen molar-refractivity contribution in [1.82, 2.24) is 5.48 Å². The first kappa shape index (κ1) is 13.0. The van der Waals surface area contributed by atoms with Gasteiger partial charge in [-0.2, -0.15) is 0 Å². The quantitative estimate of drug-likeness (QED) is 0.676. The van der Waals surface area contributed by atoms with Crippen LogP contribution in [0.1, 0.15) is 12.5 Å². The molecule has 0 spiro atoms. The van der Waals surface area contributed by atoms with Crippen LogP contribution in [0, 0.1) is 0 Å². The van der Waals surface area contributed by atoms with Crippen molar-refractivity contribution >= 4 is 17.7 Å². The Morgan fingerprint density at radius 2 is 2.18 bits per heavy atom. The van der Waals surface area contributed by atoms with Crippen molar-refractivity contribution in [2.24, 2.45) is 0 Å². The smallest absolute Gasteiger partial charge is 0.343 e. The van der Waals surface area contributed by atoms with Gasteiger partial charge in [0.1, 0.15) is 0 Å². The molecule has 6 nitrogen and oxygen atoms in total. The van der Waals surface area contributed by atoms with E-state index in [-0.39, 0.29) is 0 Å².